The fraction of sp³-hybridized carbons (Fsp3) is 0.419. The van der Waals surface area contributed by atoms with Crippen LogP contribution in [0, 0.1) is 29.4 Å². The lowest BCUT2D eigenvalue weighted by Crippen LogP contribution is -2.60. The number of hydrogen-bond acceptors (Lipinski definition) is 4. The number of nitrogens with one attached hydrogen (secondary N) is 3. The molecule has 0 amide bonds. The molecule has 2 aromatic carbocycles. The highest BCUT2D eigenvalue weighted by Crippen LogP contribution is 2.45. The second-order valence-electron chi connectivity index (χ2n) is 12.2. The van der Waals surface area contributed by atoms with E-state index in [2.05, 4.69) is 48.5 Å². The Morgan fingerprint density at radius 1 is 1.05 bits per heavy atom. The van der Waals surface area contributed by atoms with Crippen molar-refractivity contribution in [2.24, 2.45) is 22.7 Å². The minimum absolute atomic E-state index is 0.00385. The van der Waals surface area contributed by atoms with Crippen LogP contribution in [0.3, 0.4) is 0 Å². The number of rotatable bonds is 5. The van der Waals surface area contributed by atoms with Gasteiger partial charge >= 0.3 is 5.97 Å². The van der Waals surface area contributed by atoms with Gasteiger partial charge in [0.15, 0.2) is 0 Å². The van der Waals surface area contributed by atoms with Crippen LogP contribution >= 0.6 is 0 Å². The highest BCUT2D eigenvalue weighted by atomic mass is 19.1. The Kier molecular flexibility index (Phi) is 6.33. The van der Waals surface area contributed by atoms with Crippen molar-refractivity contribution in [3.05, 3.63) is 77.0 Å². The molecule has 0 radical (unpaired) electrons. The fourth-order valence-corrected chi connectivity index (χ4v) is 6.67. The number of halogens is 2. The summed E-state index contributed by atoms with van der Waals surface area (Å²) in [5.41, 5.74) is 3.58. The Hall–Kier alpha value is -3.52. The molecule has 39 heavy (non-hydrogen) atoms. The predicted octanol–water partition coefficient (Wildman–Crippen LogP) is 5.94. The van der Waals surface area contributed by atoms with Crippen molar-refractivity contribution in [3.8, 4) is 0 Å². The van der Waals surface area contributed by atoms with Gasteiger partial charge in [-0.3, -0.25) is 10.1 Å². The standard InChI is InChI=1S/C31H34F2N4O2/c1-31(2,3)19-10-8-16(9-11-19)24-14-25(36-27-18-6-4-17(5-7-18)26(27)30(38)39)37-29(35-24)22-15-34-28-21(22)12-20(32)13-23(28)33/h8-15,17-18,25-27,34,36H,4-7H2,1-3H3,(H,35,37)(H,38,39). The molecule has 3 saturated carbocycles. The molecular weight excluding hydrogens is 498 g/mol. The summed E-state index contributed by atoms with van der Waals surface area (Å²) >= 11 is 0. The van der Waals surface area contributed by atoms with Crippen molar-refractivity contribution < 1.29 is 18.7 Å². The molecule has 3 unspecified atom stereocenters. The number of carbonyl (C=O) groups is 1. The summed E-state index contributed by atoms with van der Waals surface area (Å²) in [7, 11) is 0. The van der Waals surface area contributed by atoms with Crippen LogP contribution in [0.5, 0.6) is 0 Å². The van der Waals surface area contributed by atoms with Crippen molar-refractivity contribution in [2.75, 3.05) is 0 Å². The summed E-state index contributed by atoms with van der Waals surface area (Å²) in [6, 6.07) is 10.2. The molecule has 3 aromatic rings. The van der Waals surface area contributed by atoms with Gasteiger partial charge in [-0.25, -0.2) is 13.8 Å². The van der Waals surface area contributed by atoms with Crippen LogP contribution in [0.4, 0.5) is 8.78 Å². The van der Waals surface area contributed by atoms with E-state index in [1.54, 1.807) is 6.20 Å². The number of fused-ring (bicyclic) bond motifs is 4. The molecule has 0 spiro atoms. The predicted molar refractivity (Wildman–Crippen MR) is 148 cm³/mol. The molecule has 0 saturated heterocycles. The molecule has 7 rings (SSSR count). The zero-order valence-electron chi connectivity index (χ0n) is 22.4. The van der Waals surface area contributed by atoms with E-state index < -0.39 is 29.7 Å². The van der Waals surface area contributed by atoms with Gasteiger partial charge in [0.1, 0.15) is 17.5 Å². The molecule has 1 aliphatic heterocycles. The third kappa shape index (κ3) is 4.75. The van der Waals surface area contributed by atoms with Crippen molar-refractivity contribution in [1.29, 1.82) is 0 Å². The average Bonchev–Trinajstić information content (AvgIpc) is 3.33. The van der Waals surface area contributed by atoms with E-state index in [0.29, 0.717) is 28.4 Å². The Bertz CT molecular complexity index is 1480. The molecule has 1 aromatic heterocycles. The number of nitrogens with zero attached hydrogens (tertiary/aromatic N) is 1. The maximum absolute atomic E-state index is 14.5. The minimum Gasteiger partial charge on any atom is -0.481 e. The summed E-state index contributed by atoms with van der Waals surface area (Å²) in [5, 5.41) is 17.5. The van der Waals surface area contributed by atoms with Gasteiger partial charge in [0, 0.05) is 34.8 Å². The number of aliphatic carboxylic acids is 1. The largest absolute Gasteiger partial charge is 0.481 e. The Balaban J connectivity index is 1.40. The third-order valence-electron chi connectivity index (χ3n) is 8.73. The van der Waals surface area contributed by atoms with E-state index in [4.69, 9.17) is 4.99 Å². The number of aliphatic imine (C=N–C) groups is 1. The quantitative estimate of drug-likeness (QED) is 0.328. The number of aromatic nitrogens is 1. The van der Waals surface area contributed by atoms with Crippen LogP contribution < -0.4 is 10.6 Å². The molecule has 2 heterocycles. The number of carboxylic acids is 1. The zero-order valence-corrected chi connectivity index (χ0v) is 22.4. The molecule has 6 nitrogen and oxygen atoms in total. The van der Waals surface area contributed by atoms with Gasteiger partial charge in [0.25, 0.3) is 0 Å². The van der Waals surface area contributed by atoms with Crippen LogP contribution in [0.25, 0.3) is 16.6 Å². The Morgan fingerprint density at radius 3 is 2.41 bits per heavy atom. The maximum atomic E-state index is 14.5. The second kappa shape index (κ2) is 9.59. The lowest BCUT2D eigenvalue weighted by atomic mass is 9.61. The normalized spacial score (nSPS) is 26.7. The first-order valence-electron chi connectivity index (χ1n) is 13.7. The van der Waals surface area contributed by atoms with Gasteiger partial charge in [-0.1, -0.05) is 45.0 Å². The highest BCUT2D eigenvalue weighted by Gasteiger charge is 2.47. The second-order valence-corrected chi connectivity index (χ2v) is 12.2. The van der Waals surface area contributed by atoms with E-state index in [9.17, 15) is 18.7 Å². The zero-order chi connectivity index (χ0) is 27.5. The van der Waals surface area contributed by atoms with Crippen molar-refractivity contribution in [1.82, 2.24) is 15.6 Å². The third-order valence-corrected chi connectivity index (χ3v) is 8.73. The lowest BCUT2D eigenvalue weighted by molar-refractivity contribution is -0.149. The Morgan fingerprint density at radius 2 is 1.74 bits per heavy atom. The van der Waals surface area contributed by atoms with E-state index >= 15 is 0 Å². The van der Waals surface area contributed by atoms with Gasteiger partial charge in [0.05, 0.1) is 23.3 Å². The molecule has 3 aliphatic carbocycles. The van der Waals surface area contributed by atoms with Crippen LogP contribution in [0.2, 0.25) is 0 Å². The molecule has 8 heteroatoms. The summed E-state index contributed by atoms with van der Waals surface area (Å²) in [6.07, 6.45) is 7.15. The molecule has 3 atom stereocenters. The fourth-order valence-electron chi connectivity index (χ4n) is 6.67. The number of aromatic amines is 1. The lowest BCUT2D eigenvalue weighted by Gasteiger charge is -2.48. The van der Waals surface area contributed by atoms with Gasteiger partial charge < -0.3 is 15.4 Å². The molecule has 204 valence electrons. The number of H-pyrrole nitrogens is 1. The first-order chi connectivity index (χ1) is 18.6. The van der Waals surface area contributed by atoms with Gasteiger partial charge in [-0.05, 0) is 60.6 Å². The maximum Gasteiger partial charge on any atom is 0.308 e. The number of benzene rings is 2. The molecule has 4 aliphatic rings. The van der Waals surface area contributed by atoms with Crippen molar-refractivity contribution in [3.63, 3.8) is 0 Å². The Labute approximate surface area is 226 Å². The van der Waals surface area contributed by atoms with Gasteiger partial charge in [-0.15, -0.1) is 0 Å². The number of amidine groups is 1. The smallest absolute Gasteiger partial charge is 0.308 e. The van der Waals surface area contributed by atoms with Crippen molar-refractivity contribution >= 4 is 28.4 Å². The molecular formula is C31H34F2N4O2. The van der Waals surface area contributed by atoms with Gasteiger partial charge in [-0.2, -0.15) is 0 Å². The first kappa shape index (κ1) is 25.7. The van der Waals surface area contributed by atoms with E-state index in [-0.39, 0.29) is 22.9 Å². The van der Waals surface area contributed by atoms with Gasteiger partial charge in [0.2, 0.25) is 0 Å². The van der Waals surface area contributed by atoms with E-state index in [0.717, 1.165) is 37.3 Å². The highest BCUT2D eigenvalue weighted by molar-refractivity contribution is 6.12. The summed E-state index contributed by atoms with van der Waals surface area (Å²) in [6.45, 7) is 6.48. The molecule has 2 bridgehead atoms. The number of carboxylic acid groups (broad SMARTS) is 1. The van der Waals surface area contributed by atoms with Crippen molar-refractivity contribution in [2.45, 2.75) is 64.1 Å². The van der Waals surface area contributed by atoms with Crippen LogP contribution in [0.15, 0.2) is 53.7 Å². The minimum atomic E-state index is -0.754. The topological polar surface area (TPSA) is 89.5 Å². The molecule has 4 N–H and O–H groups in total. The molecule has 3 fully saturated rings. The SMILES string of the molecule is CC(C)(C)c1ccc(C2=CC(NC3C4CCC(CC4)C3C(=O)O)NC(c3c[nH]c4c(F)cc(F)cc34)=N2)cc1. The summed E-state index contributed by atoms with van der Waals surface area (Å²) in [4.78, 5) is 20.1. The monoisotopic (exact) mass is 532 g/mol. The number of hydrogen-bond donors (Lipinski definition) is 4. The summed E-state index contributed by atoms with van der Waals surface area (Å²) in [5.74, 6) is -1.60. The summed E-state index contributed by atoms with van der Waals surface area (Å²) < 4.78 is 28.7. The van der Waals surface area contributed by atoms with Crippen LogP contribution in [0.1, 0.15) is 63.1 Å². The average molecular weight is 533 g/mol. The van der Waals surface area contributed by atoms with E-state index in [1.807, 2.05) is 18.2 Å². The van der Waals surface area contributed by atoms with E-state index in [1.165, 1.54) is 11.6 Å². The first-order valence-corrected chi connectivity index (χ1v) is 13.7. The van der Waals surface area contributed by atoms with Crippen LogP contribution in [-0.4, -0.2) is 34.1 Å². The van der Waals surface area contributed by atoms with Crippen LogP contribution in [-0.2, 0) is 10.2 Å².